The van der Waals surface area contributed by atoms with Crippen LogP contribution < -0.4 is 14.2 Å². The molecule has 1 amide bonds. The van der Waals surface area contributed by atoms with E-state index in [-0.39, 0.29) is 17.5 Å². The molecule has 0 radical (unpaired) electrons. The summed E-state index contributed by atoms with van der Waals surface area (Å²) in [5.74, 6) is 0.812. The van der Waals surface area contributed by atoms with Gasteiger partial charge in [-0.25, -0.2) is 19.3 Å². The van der Waals surface area contributed by atoms with Crippen LogP contribution in [0.1, 0.15) is 19.0 Å². The van der Waals surface area contributed by atoms with E-state index in [0.29, 0.717) is 40.0 Å². The Morgan fingerprint density at radius 2 is 1.86 bits per heavy atom. The van der Waals surface area contributed by atoms with Crippen molar-refractivity contribution in [1.29, 1.82) is 0 Å². The Morgan fingerprint density at radius 3 is 2.62 bits per heavy atom. The summed E-state index contributed by atoms with van der Waals surface area (Å²) in [7, 11) is 1.57. The van der Waals surface area contributed by atoms with Gasteiger partial charge in [0.2, 0.25) is 11.8 Å². The maximum absolute atomic E-state index is 15.1. The topological polar surface area (TPSA) is 106 Å². The summed E-state index contributed by atoms with van der Waals surface area (Å²) in [6, 6.07) is 5.18. The van der Waals surface area contributed by atoms with Crippen LogP contribution in [-0.4, -0.2) is 82.1 Å². The van der Waals surface area contributed by atoms with E-state index in [1.54, 1.807) is 32.2 Å². The Hall–Kier alpha value is -3.99. The predicted molar refractivity (Wildman–Crippen MR) is 136 cm³/mol. The quantitative estimate of drug-likeness (QED) is 0.359. The van der Waals surface area contributed by atoms with Crippen molar-refractivity contribution in [3.8, 4) is 23.1 Å². The lowest BCUT2D eigenvalue weighted by Gasteiger charge is -2.34. The molecule has 10 nitrogen and oxygen atoms in total. The van der Waals surface area contributed by atoms with Crippen LogP contribution in [0.15, 0.2) is 30.7 Å². The van der Waals surface area contributed by atoms with Crippen molar-refractivity contribution in [3.63, 3.8) is 0 Å². The highest BCUT2D eigenvalue weighted by Gasteiger charge is 2.19. The van der Waals surface area contributed by atoms with Gasteiger partial charge >= 0.3 is 0 Å². The van der Waals surface area contributed by atoms with E-state index >= 15 is 4.39 Å². The number of piperazine rings is 1. The number of nitrogens with one attached hydrogen (secondary N) is 1. The number of halogens is 1. The second-order valence-corrected chi connectivity index (χ2v) is 9.00. The zero-order valence-corrected chi connectivity index (χ0v) is 21.1. The first-order valence-corrected chi connectivity index (χ1v) is 12.2. The summed E-state index contributed by atoms with van der Waals surface area (Å²) in [5, 5.41) is 0.908. The molecule has 0 saturated carbocycles. The number of hydrogen-bond acceptors (Lipinski definition) is 8. The van der Waals surface area contributed by atoms with Gasteiger partial charge in [-0.2, -0.15) is 0 Å². The van der Waals surface area contributed by atoms with Gasteiger partial charge in [0.05, 0.1) is 36.2 Å². The molecule has 37 heavy (non-hydrogen) atoms. The lowest BCUT2D eigenvalue weighted by atomic mass is 10.2. The highest BCUT2D eigenvalue weighted by molar-refractivity contribution is 5.87. The number of aryl methyl sites for hydroxylation is 1. The number of methoxy groups -OCH3 is 1. The van der Waals surface area contributed by atoms with Crippen molar-refractivity contribution < 1.29 is 23.4 Å². The minimum absolute atomic E-state index is 0.0327. The third kappa shape index (κ3) is 5.26. The molecule has 0 unspecified atom stereocenters. The zero-order valence-electron chi connectivity index (χ0n) is 21.1. The summed E-state index contributed by atoms with van der Waals surface area (Å²) < 4.78 is 32.5. The molecule has 11 heteroatoms. The van der Waals surface area contributed by atoms with Crippen LogP contribution in [0.4, 0.5) is 4.39 Å². The maximum atomic E-state index is 15.1. The number of rotatable bonds is 8. The number of ether oxygens (including phenoxy) is 3. The van der Waals surface area contributed by atoms with Crippen molar-refractivity contribution in [1.82, 2.24) is 29.7 Å². The number of H-pyrrole nitrogens is 1. The van der Waals surface area contributed by atoms with Crippen LogP contribution in [0.3, 0.4) is 0 Å². The number of nitrogens with zero attached hydrogens (tertiary/aromatic N) is 5. The molecule has 0 bridgehead atoms. The Morgan fingerprint density at radius 1 is 1.05 bits per heavy atom. The van der Waals surface area contributed by atoms with Crippen LogP contribution in [0.5, 0.6) is 23.1 Å². The minimum atomic E-state index is -0.518. The molecule has 194 valence electrons. The fraction of sp³-hybridized carbons (Fsp3) is 0.385. The molecule has 3 aromatic heterocycles. The Bertz CT molecular complexity index is 1430. The van der Waals surface area contributed by atoms with Gasteiger partial charge in [0.25, 0.3) is 0 Å². The predicted octanol–water partition coefficient (Wildman–Crippen LogP) is 3.69. The zero-order chi connectivity index (χ0) is 25.9. The first-order valence-electron chi connectivity index (χ1n) is 12.2. The summed E-state index contributed by atoms with van der Waals surface area (Å²) >= 11 is 0. The number of pyridine rings is 1. The van der Waals surface area contributed by atoms with E-state index in [9.17, 15) is 4.79 Å². The standard InChI is InChI=1S/C26H29FN6O4/c1-16-11-19-24(27)23(14-28-25(19)31-16)37-26-18-12-22(21(35-3)13-20(18)29-15-30-26)36-10-4-5-32-6-8-33(9-7-32)17(2)34/h11-15H,4-10H2,1-3H3,(H,28,31). The average Bonchev–Trinajstić information content (AvgIpc) is 3.29. The van der Waals surface area contributed by atoms with E-state index in [1.165, 1.54) is 12.5 Å². The van der Waals surface area contributed by atoms with Crippen molar-refractivity contribution in [2.75, 3.05) is 46.4 Å². The third-order valence-electron chi connectivity index (χ3n) is 6.48. The Balaban J connectivity index is 1.30. The summed E-state index contributed by atoms with van der Waals surface area (Å²) in [4.78, 5) is 31.5. The number of carbonyl (C=O) groups excluding carboxylic acids is 1. The van der Waals surface area contributed by atoms with Gasteiger partial charge in [-0.3, -0.25) is 9.69 Å². The molecule has 1 saturated heterocycles. The van der Waals surface area contributed by atoms with Crippen LogP contribution in [0.25, 0.3) is 21.9 Å². The van der Waals surface area contributed by atoms with Crippen molar-refractivity contribution in [2.24, 2.45) is 0 Å². The highest BCUT2D eigenvalue weighted by Crippen LogP contribution is 2.37. The maximum Gasteiger partial charge on any atom is 0.230 e. The first kappa shape index (κ1) is 24.7. The number of aromatic nitrogens is 4. The second-order valence-electron chi connectivity index (χ2n) is 9.00. The minimum Gasteiger partial charge on any atom is -0.493 e. The monoisotopic (exact) mass is 508 g/mol. The third-order valence-corrected chi connectivity index (χ3v) is 6.48. The second kappa shape index (κ2) is 10.6. The molecule has 0 spiro atoms. The van der Waals surface area contributed by atoms with E-state index in [2.05, 4.69) is 24.8 Å². The Kier molecular flexibility index (Phi) is 7.04. The highest BCUT2D eigenvalue weighted by atomic mass is 19.1. The number of carbonyl (C=O) groups is 1. The molecule has 0 atom stereocenters. The lowest BCUT2D eigenvalue weighted by molar-refractivity contribution is -0.130. The number of amides is 1. The van der Waals surface area contributed by atoms with E-state index < -0.39 is 5.82 Å². The fourth-order valence-electron chi connectivity index (χ4n) is 4.48. The van der Waals surface area contributed by atoms with Gasteiger partial charge in [-0.15, -0.1) is 0 Å². The van der Waals surface area contributed by atoms with Crippen LogP contribution in [-0.2, 0) is 4.79 Å². The molecule has 1 aliphatic heterocycles. The normalized spacial score (nSPS) is 14.3. The first-order chi connectivity index (χ1) is 17.9. The van der Waals surface area contributed by atoms with Gasteiger partial charge in [-0.05, 0) is 25.5 Å². The largest absolute Gasteiger partial charge is 0.493 e. The summed E-state index contributed by atoms with van der Waals surface area (Å²) in [5.41, 5.74) is 1.83. The van der Waals surface area contributed by atoms with E-state index in [4.69, 9.17) is 14.2 Å². The van der Waals surface area contributed by atoms with Gasteiger partial charge < -0.3 is 24.1 Å². The summed E-state index contributed by atoms with van der Waals surface area (Å²) in [6.45, 7) is 8.01. The number of hydrogen-bond donors (Lipinski definition) is 1. The van der Waals surface area contributed by atoms with Gasteiger partial charge in [0, 0.05) is 51.4 Å². The number of benzene rings is 1. The number of aromatic amines is 1. The molecule has 0 aliphatic carbocycles. The van der Waals surface area contributed by atoms with Crippen molar-refractivity contribution in [3.05, 3.63) is 42.2 Å². The Labute approximate surface area is 213 Å². The van der Waals surface area contributed by atoms with Crippen LogP contribution >= 0.6 is 0 Å². The molecule has 4 aromatic rings. The average molecular weight is 509 g/mol. The molecule has 4 heterocycles. The molecular weight excluding hydrogens is 479 g/mol. The van der Waals surface area contributed by atoms with Crippen LogP contribution in [0.2, 0.25) is 0 Å². The van der Waals surface area contributed by atoms with Gasteiger partial charge in [0.15, 0.2) is 23.1 Å². The van der Waals surface area contributed by atoms with Crippen molar-refractivity contribution >= 4 is 27.8 Å². The number of fused-ring (bicyclic) bond motifs is 2. The summed E-state index contributed by atoms with van der Waals surface area (Å²) in [6.07, 6.45) is 3.50. The molecular formula is C26H29FN6O4. The fourth-order valence-corrected chi connectivity index (χ4v) is 4.48. The van der Waals surface area contributed by atoms with Gasteiger partial charge in [-0.1, -0.05) is 0 Å². The van der Waals surface area contributed by atoms with E-state index in [0.717, 1.165) is 44.8 Å². The molecule has 1 aliphatic rings. The molecule has 1 N–H and O–H groups in total. The SMILES string of the molecule is COc1cc2ncnc(Oc3cnc4[nH]c(C)cc4c3F)c2cc1OCCCN1CCN(C(C)=O)CC1. The molecule has 5 rings (SSSR count). The molecule has 1 fully saturated rings. The molecule has 1 aromatic carbocycles. The van der Waals surface area contributed by atoms with Crippen molar-refractivity contribution in [2.45, 2.75) is 20.3 Å². The van der Waals surface area contributed by atoms with E-state index in [1.807, 2.05) is 11.8 Å². The van der Waals surface area contributed by atoms with Crippen LogP contribution in [0, 0.1) is 12.7 Å². The lowest BCUT2D eigenvalue weighted by Crippen LogP contribution is -2.48. The van der Waals surface area contributed by atoms with Gasteiger partial charge in [0.1, 0.15) is 12.0 Å². The smallest absolute Gasteiger partial charge is 0.230 e.